The van der Waals surface area contributed by atoms with E-state index >= 15 is 0 Å². The van der Waals surface area contributed by atoms with E-state index in [1.807, 2.05) is 0 Å². The average molecular weight is 475 g/mol. The first-order chi connectivity index (χ1) is 15.3. The van der Waals surface area contributed by atoms with E-state index in [-0.39, 0.29) is 19.1 Å². The number of rotatable bonds is 9. The number of carbonyl (C=O) groups excluding carboxylic acids is 1. The van der Waals surface area contributed by atoms with E-state index in [0.717, 1.165) is 6.26 Å². The molecule has 0 aliphatic rings. The molecule has 0 unspecified atom stereocenters. The van der Waals surface area contributed by atoms with Crippen molar-refractivity contribution in [2.24, 2.45) is 0 Å². The fraction of sp³-hybridized carbons (Fsp3) is 0.174. The average Bonchev–Trinajstić information content (AvgIpc) is 2.77. The smallest absolute Gasteiger partial charge is 0.262 e. The maximum absolute atomic E-state index is 12.4. The number of hydrogen-bond acceptors (Lipinski definition) is 5. The van der Waals surface area contributed by atoms with Gasteiger partial charge in [0.15, 0.2) is 6.61 Å². The molecule has 0 aromatic heterocycles. The van der Waals surface area contributed by atoms with E-state index in [4.69, 9.17) is 21.1 Å². The summed E-state index contributed by atoms with van der Waals surface area (Å²) in [7, 11) is -2.00. The summed E-state index contributed by atoms with van der Waals surface area (Å²) in [5, 5.41) is 3.21. The lowest BCUT2D eigenvalue weighted by Gasteiger charge is -2.23. The lowest BCUT2D eigenvalue weighted by atomic mass is 10.2. The number of nitrogens with zero attached hydrogens (tertiary/aromatic N) is 1. The second kappa shape index (κ2) is 10.4. The topological polar surface area (TPSA) is 84.9 Å². The molecule has 0 radical (unpaired) electrons. The zero-order valence-corrected chi connectivity index (χ0v) is 19.2. The lowest BCUT2D eigenvalue weighted by Crippen LogP contribution is -2.29. The van der Waals surface area contributed by atoms with Crippen LogP contribution in [0.15, 0.2) is 72.8 Å². The van der Waals surface area contributed by atoms with Gasteiger partial charge >= 0.3 is 0 Å². The SMILES string of the molecule is COc1cccc(NC(=O)COc2ccc(N(Cc3ccccc3Cl)S(C)(=O)=O)cc2)c1. The van der Waals surface area contributed by atoms with Crippen LogP contribution in [-0.2, 0) is 21.4 Å². The van der Waals surface area contributed by atoms with Gasteiger partial charge in [0.2, 0.25) is 10.0 Å². The third kappa shape index (κ3) is 6.38. The second-order valence-electron chi connectivity index (χ2n) is 6.92. The fourth-order valence-corrected chi connectivity index (χ4v) is 4.01. The maximum Gasteiger partial charge on any atom is 0.262 e. The third-order valence-corrected chi connectivity index (χ3v) is 6.03. The van der Waals surface area contributed by atoms with Crippen LogP contribution in [0.2, 0.25) is 5.02 Å². The Kier molecular flexibility index (Phi) is 7.61. The van der Waals surface area contributed by atoms with Crippen molar-refractivity contribution in [3.63, 3.8) is 0 Å². The van der Waals surface area contributed by atoms with Gasteiger partial charge in [-0.2, -0.15) is 0 Å². The fourth-order valence-electron chi connectivity index (χ4n) is 2.94. The number of sulfonamides is 1. The Labute approximate surface area is 192 Å². The first-order valence-corrected chi connectivity index (χ1v) is 11.9. The number of nitrogens with one attached hydrogen (secondary N) is 1. The van der Waals surface area contributed by atoms with Crippen LogP contribution in [0.25, 0.3) is 0 Å². The molecule has 3 aromatic carbocycles. The van der Waals surface area contributed by atoms with Gasteiger partial charge in [0, 0.05) is 16.8 Å². The van der Waals surface area contributed by atoms with Crippen LogP contribution in [-0.4, -0.2) is 34.3 Å². The van der Waals surface area contributed by atoms with E-state index in [9.17, 15) is 13.2 Å². The summed E-state index contributed by atoms with van der Waals surface area (Å²) in [6.07, 6.45) is 1.14. The molecule has 0 saturated carbocycles. The van der Waals surface area contributed by atoms with E-state index in [1.54, 1.807) is 79.9 Å². The summed E-state index contributed by atoms with van der Waals surface area (Å²) >= 11 is 6.19. The molecular formula is C23H23ClN2O5S. The Hall–Kier alpha value is -3.23. The van der Waals surface area contributed by atoms with Crippen LogP contribution in [0.1, 0.15) is 5.56 Å². The molecule has 0 saturated heterocycles. The van der Waals surface area contributed by atoms with E-state index in [0.29, 0.717) is 33.5 Å². The Balaban J connectivity index is 1.64. The Morgan fingerprint density at radius 3 is 2.38 bits per heavy atom. The highest BCUT2D eigenvalue weighted by Crippen LogP contribution is 2.26. The Morgan fingerprint density at radius 2 is 1.72 bits per heavy atom. The molecule has 0 spiro atoms. The number of hydrogen-bond donors (Lipinski definition) is 1. The van der Waals surface area contributed by atoms with Gasteiger partial charge in [-0.05, 0) is 48.0 Å². The van der Waals surface area contributed by atoms with Gasteiger partial charge < -0.3 is 14.8 Å². The highest BCUT2D eigenvalue weighted by Gasteiger charge is 2.19. The van der Waals surface area contributed by atoms with Gasteiger partial charge in [-0.3, -0.25) is 9.10 Å². The van der Waals surface area contributed by atoms with Crippen LogP contribution < -0.4 is 19.1 Å². The summed E-state index contributed by atoms with van der Waals surface area (Å²) in [6.45, 7) is -0.104. The monoisotopic (exact) mass is 474 g/mol. The normalized spacial score (nSPS) is 11.0. The molecule has 1 amide bonds. The summed E-state index contributed by atoms with van der Waals surface area (Å²) < 4.78 is 36.6. The standard InChI is InChI=1S/C23H23ClN2O5S/c1-30-21-8-5-7-18(14-21)25-23(27)16-31-20-12-10-19(11-13-20)26(32(2,28)29)15-17-6-3-4-9-22(17)24/h3-14H,15-16H2,1-2H3,(H,25,27). The molecule has 1 N–H and O–H groups in total. The Morgan fingerprint density at radius 1 is 1.00 bits per heavy atom. The summed E-state index contributed by atoms with van der Waals surface area (Å²) in [5.41, 5.74) is 1.74. The number of benzene rings is 3. The zero-order valence-electron chi connectivity index (χ0n) is 17.6. The first-order valence-electron chi connectivity index (χ1n) is 9.64. The van der Waals surface area contributed by atoms with Gasteiger partial charge in [-0.15, -0.1) is 0 Å². The number of methoxy groups -OCH3 is 1. The quantitative estimate of drug-likeness (QED) is 0.499. The molecule has 0 aliphatic heterocycles. The van der Waals surface area contributed by atoms with Crippen molar-refractivity contribution in [3.8, 4) is 11.5 Å². The minimum Gasteiger partial charge on any atom is -0.497 e. The molecule has 0 fully saturated rings. The lowest BCUT2D eigenvalue weighted by molar-refractivity contribution is -0.118. The van der Waals surface area contributed by atoms with Crippen LogP contribution in [0.3, 0.4) is 0 Å². The van der Waals surface area contributed by atoms with E-state index < -0.39 is 10.0 Å². The molecular weight excluding hydrogens is 452 g/mol. The maximum atomic E-state index is 12.4. The van der Waals surface area contributed by atoms with Gasteiger partial charge in [0.1, 0.15) is 11.5 Å². The summed E-state index contributed by atoms with van der Waals surface area (Å²) in [5.74, 6) is 0.728. The number of anilines is 2. The van der Waals surface area contributed by atoms with Crippen LogP contribution >= 0.6 is 11.6 Å². The van der Waals surface area contributed by atoms with Crippen molar-refractivity contribution < 1.29 is 22.7 Å². The molecule has 0 atom stereocenters. The number of ether oxygens (including phenoxy) is 2. The molecule has 9 heteroatoms. The van der Waals surface area contributed by atoms with Crippen molar-refractivity contribution in [3.05, 3.63) is 83.4 Å². The van der Waals surface area contributed by atoms with Crippen molar-refractivity contribution in [2.45, 2.75) is 6.54 Å². The highest BCUT2D eigenvalue weighted by atomic mass is 35.5. The van der Waals surface area contributed by atoms with Gasteiger partial charge in [-0.1, -0.05) is 35.9 Å². The summed E-state index contributed by atoms with van der Waals surface area (Å²) in [4.78, 5) is 12.2. The van der Waals surface area contributed by atoms with Crippen molar-refractivity contribution in [1.82, 2.24) is 0 Å². The molecule has 168 valence electrons. The minimum atomic E-state index is -3.55. The van der Waals surface area contributed by atoms with Crippen LogP contribution in [0.4, 0.5) is 11.4 Å². The third-order valence-electron chi connectivity index (χ3n) is 4.52. The predicted octanol–water partition coefficient (Wildman–Crippen LogP) is 4.33. The van der Waals surface area contributed by atoms with Crippen LogP contribution in [0, 0.1) is 0 Å². The number of amides is 1. The van der Waals surface area contributed by atoms with Gasteiger partial charge in [0.25, 0.3) is 5.91 Å². The number of halogens is 1. The molecule has 0 heterocycles. The van der Waals surface area contributed by atoms with Crippen LogP contribution in [0.5, 0.6) is 11.5 Å². The predicted molar refractivity (Wildman–Crippen MR) is 126 cm³/mol. The van der Waals surface area contributed by atoms with Gasteiger partial charge in [-0.25, -0.2) is 8.42 Å². The highest BCUT2D eigenvalue weighted by molar-refractivity contribution is 7.92. The van der Waals surface area contributed by atoms with Crippen molar-refractivity contribution in [2.75, 3.05) is 29.6 Å². The summed E-state index contributed by atoms with van der Waals surface area (Å²) in [6, 6.07) is 20.5. The second-order valence-corrected chi connectivity index (χ2v) is 9.24. The molecule has 3 rings (SSSR count). The largest absolute Gasteiger partial charge is 0.497 e. The van der Waals surface area contributed by atoms with Gasteiger partial charge in [0.05, 0.1) is 25.6 Å². The van der Waals surface area contributed by atoms with Crippen molar-refractivity contribution in [1.29, 1.82) is 0 Å². The zero-order chi connectivity index (χ0) is 23.1. The van der Waals surface area contributed by atoms with Crippen molar-refractivity contribution >= 4 is 38.9 Å². The number of carbonyl (C=O) groups is 1. The molecule has 0 bridgehead atoms. The van der Waals surface area contributed by atoms with E-state index in [1.165, 1.54) is 4.31 Å². The molecule has 7 nitrogen and oxygen atoms in total. The molecule has 32 heavy (non-hydrogen) atoms. The van der Waals surface area contributed by atoms with E-state index in [2.05, 4.69) is 5.32 Å². The first kappa shape index (κ1) is 23.4. The molecule has 0 aliphatic carbocycles. The molecule has 3 aromatic rings. The Bertz CT molecular complexity index is 1180. The minimum absolute atomic E-state index is 0.0989.